The molecule has 0 aromatic rings. The van der Waals surface area contributed by atoms with Gasteiger partial charge in [-0.05, 0) is 47.5 Å². The van der Waals surface area contributed by atoms with E-state index in [1.54, 1.807) is 34.6 Å². The minimum atomic E-state index is -1.09. The van der Waals surface area contributed by atoms with Gasteiger partial charge in [0.2, 0.25) is 5.91 Å². The molecule has 0 aromatic carbocycles. The fourth-order valence-corrected chi connectivity index (χ4v) is 2.99. The maximum absolute atomic E-state index is 12.3. The van der Waals surface area contributed by atoms with Crippen molar-refractivity contribution in [1.29, 1.82) is 0 Å². The van der Waals surface area contributed by atoms with Crippen molar-refractivity contribution in [2.45, 2.75) is 76.8 Å². The summed E-state index contributed by atoms with van der Waals surface area (Å²) in [4.78, 5) is 26.0. The molecule has 0 radical (unpaired) electrons. The van der Waals surface area contributed by atoms with Crippen molar-refractivity contribution in [2.24, 2.45) is 0 Å². The van der Waals surface area contributed by atoms with Crippen LogP contribution in [0.3, 0.4) is 0 Å². The van der Waals surface area contributed by atoms with Gasteiger partial charge in [-0.15, -0.1) is 0 Å². The van der Waals surface area contributed by atoms with Gasteiger partial charge in [0, 0.05) is 0 Å². The standard InChI is InChI=1S/C14H24N2O4/c1-13(2,3)20-12(18)16-8-6-7-9(16)11(17)15-10(8)14(4,5)19/h8-10,19H,6-7H2,1-5H3,(H,15,17)/t8-,9+,10-/m0/s1. The van der Waals surface area contributed by atoms with Gasteiger partial charge in [0.05, 0.1) is 17.7 Å². The fraction of sp³-hybridized carbons (Fsp3) is 0.857. The van der Waals surface area contributed by atoms with E-state index in [9.17, 15) is 14.7 Å². The molecular formula is C14H24N2O4. The van der Waals surface area contributed by atoms with Crippen LogP contribution in [0.25, 0.3) is 0 Å². The molecular weight excluding hydrogens is 260 g/mol. The number of amides is 2. The van der Waals surface area contributed by atoms with Gasteiger partial charge in [0.15, 0.2) is 0 Å². The molecule has 2 saturated heterocycles. The van der Waals surface area contributed by atoms with E-state index in [1.165, 1.54) is 4.90 Å². The monoisotopic (exact) mass is 284 g/mol. The largest absolute Gasteiger partial charge is 0.444 e. The number of hydrogen-bond donors (Lipinski definition) is 2. The lowest BCUT2D eigenvalue weighted by Crippen LogP contribution is -2.68. The van der Waals surface area contributed by atoms with Crippen LogP contribution in [0.4, 0.5) is 4.79 Å². The minimum Gasteiger partial charge on any atom is -0.444 e. The van der Waals surface area contributed by atoms with Crippen LogP contribution in [0.5, 0.6) is 0 Å². The predicted octanol–water partition coefficient (Wildman–Crippen LogP) is 1.02. The normalized spacial score (nSPS) is 30.2. The molecule has 2 rings (SSSR count). The molecule has 2 aliphatic heterocycles. The molecule has 0 unspecified atom stereocenters. The van der Waals surface area contributed by atoms with Crippen LogP contribution in [0.2, 0.25) is 0 Å². The average molecular weight is 284 g/mol. The first-order valence-corrected chi connectivity index (χ1v) is 7.05. The molecule has 2 N–H and O–H groups in total. The summed E-state index contributed by atoms with van der Waals surface area (Å²) < 4.78 is 5.39. The maximum Gasteiger partial charge on any atom is 0.411 e. The summed E-state index contributed by atoms with van der Waals surface area (Å²) in [7, 11) is 0. The lowest BCUT2D eigenvalue weighted by atomic mass is 9.90. The van der Waals surface area contributed by atoms with Crippen molar-refractivity contribution >= 4 is 12.0 Å². The number of nitrogens with zero attached hydrogens (tertiary/aromatic N) is 1. The number of nitrogens with one attached hydrogen (secondary N) is 1. The Bertz CT molecular complexity index is 422. The number of carbonyl (C=O) groups is 2. The average Bonchev–Trinajstić information content (AvgIpc) is 2.58. The van der Waals surface area contributed by atoms with E-state index in [1.807, 2.05) is 0 Å². The highest BCUT2D eigenvalue weighted by Crippen LogP contribution is 2.35. The fourth-order valence-electron chi connectivity index (χ4n) is 2.99. The van der Waals surface area contributed by atoms with Gasteiger partial charge in [0.25, 0.3) is 0 Å². The van der Waals surface area contributed by atoms with Gasteiger partial charge in [-0.1, -0.05) is 0 Å². The quantitative estimate of drug-likeness (QED) is 0.753. The smallest absolute Gasteiger partial charge is 0.411 e. The first-order chi connectivity index (χ1) is 9.00. The Kier molecular flexibility index (Phi) is 3.48. The van der Waals surface area contributed by atoms with Crippen molar-refractivity contribution in [2.75, 3.05) is 0 Å². The summed E-state index contributed by atoms with van der Waals surface area (Å²) in [5.74, 6) is -0.211. The van der Waals surface area contributed by atoms with E-state index in [0.717, 1.165) is 0 Å². The zero-order valence-corrected chi connectivity index (χ0v) is 12.8. The van der Waals surface area contributed by atoms with Crippen LogP contribution in [0, 0.1) is 0 Å². The number of carbonyl (C=O) groups excluding carboxylic acids is 2. The number of fused-ring (bicyclic) bond motifs is 2. The van der Waals surface area contributed by atoms with Crippen LogP contribution in [0.1, 0.15) is 47.5 Å². The van der Waals surface area contributed by atoms with Crippen LogP contribution < -0.4 is 5.32 Å². The molecule has 2 fully saturated rings. The lowest BCUT2D eigenvalue weighted by Gasteiger charge is -2.44. The van der Waals surface area contributed by atoms with E-state index in [2.05, 4.69) is 5.32 Å². The molecule has 20 heavy (non-hydrogen) atoms. The minimum absolute atomic E-state index is 0.211. The molecule has 0 aromatic heterocycles. The molecule has 2 aliphatic rings. The summed E-state index contributed by atoms with van der Waals surface area (Å²) in [6, 6.07) is -1.16. The molecule has 6 nitrogen and oxygen atoms in total. The first kappa shape index (κ1) is 15.1. The number of piperazine rings is 1. The highest BCUT2D eigenvalue weighted by Gasteiger charge is 2.53. The number of rotatable bonds is 1. The summed E-state index contributed by atoms with van der Waals surface area (Å²) in [5, 5.41) is 13.0. The third kappa shape index (κ3) is 2.75. The SMILES string of the molecule is CC(C)(C)OC(=O)N1[C@@H]2CC[C@H]1[C@@H](C(C)(C)O)NC2=O. The summed E-state index contributed by atoms with van der Waals surface area (Å²) >= 11 is 0. The number of ether oxygens (including phenoxy) is 1. The van der Waals surface area contributed by atoms with Gasteiger partial charge >= 0.3 is 6.09 Å². The molecule has 0 spiro atoms. The van der Waals surface area contributed by atoms with Crippen LogP contribution in [0.15, 0.2) is 0 Å². The maximum atomic E-state index is 12.3. The van der Waals surface area contributed by atoms with Gasteiger partial charge in [-0.25, -0.2) is 4.79 Å². The van der Waals surface area contributed by atoms with E-state index < -0.39 is 29.4 Å². The van der Waals surface area contributed by atoms with Crippen molar-refractivity contribution in [1.82, 2.24) is 10.2 Å². The van der Waals surface area contributed by atoms with Crippen LogP contribution >= 0.6 is 0 Å². The highest BCUT2D eigenvalue weighted by molar-refractivity contribution is 5.88. The Morgan fingerprint density at radius 1 is 1.30 bits per heavy atom. The van der Waals surface area contributed by atoms with Gasteiger partial charge in [0.1, 0.15) is 11.6 Å². The second-order valence-corrected chi connectivity index (χ2v) is 7.19. The second-order valence-electron chi connectivity index (χ2n) is 7.19. The van der Waals surface area contributed by atoms with Gasteiger partial charge < -0.3 is 15.2 Å². The molecule has 2 heterocycles. The van der Waals surface area contributed by atoms with Gasteiger partial charge in [-0.3, -0.25) is 9.69 Å². The van der Waals surface area contributed by atoms with E-state index >= 15 is 0 Å². The van der Waals surface area contributed by atoms with Crippen molar-refractivity contribution in [3.8, 4) is 0 Å². The zero-order valence-electron chi connectivity index (χ0n) is 12.8. The highest BCUT2D eigenvalue weighted by atomic mass is 16.6. The molecule has 6 heteroatoms. The molecule has 2 amide bonds. The van der Waals surface area contributed by atoms with Crippen LogP contribution in [-0.4, -0.2) is 51.3 Å². The Balaban J connectivity index is 2.25. The number of hydrogen-bond acceptors (Lipinski definition) is 4. The molecule has 2 bridgehead atoms. The van der Waals surface area contributed by atoms with Crippen molar-refractivity contribution < 1.29 is 19.4 Å². The molecule has 0 aliphatic carbocycles. The predicted molar refractivity (Wildman–Crippen MR) is 73.1 cm³/mol. The Morgan fingerprint density at radius 3 is 2.40 bits per heavy atom. The second kappa shape index (κ2) is 4.62. The first-order valence-electron chi connectivity index (χ1n) is 7.05. The summed E-state index contributed by atoms with van der Waals surface area (Å²) in [6.45, 7) is 8.67. The Hall–Kier alpha value is -1.30. The van der Waals surface area contributed by atoms with E-state index in [-0.39, 0.29) is 11.9 Å². The summed E-state index contributed by atoms with van der Waals surface area (Å²) in [5.41, 5.74) is -1.69. The van der Waals surface area contributed by atoms with Crippen molar-refractivity contribution in [3.63, 3.8) is 0 Å². The molecule has 0 saturated carbocycles. The summed E-state index contributed by atoms with van der Waals surface area (Å²) in [6.07, 6.45) is 0.828. The lowest BCUT2D eigenvalue weighted by molar-refractivity contribution is -0.134. The number of aliphatic hydroxyl groups is 1. The Labute approximate surface area is 119 Å². The topological polar surface area (TPSA) is 78.9 Å². The van der Waals surface area contributed by atoms with Gasteiger partial charge in [-0.2, -0.15) is 0 Å². The van der Waals surface area contributed by atoms with Crippen molar-refractivity contribution in [3.05, 3.63) is 0 Å². The van der Waals surface area contributed by atoms with Crippen LogP contribution in [-0.2, 0) is 9.53 Å². The molecule has 114 valence electrons. The third-order valence-corrected chi connectivity index (χ3v) is 3.78. The van der Waals surface area contributed by atoms with E-state index in [0.29, 0.717) is 12.8 Å². The zero-order chi connectivity index (χ0) is 15.3. The Morgan fingerprint density at radius 2 is 1.90 bits per heavy atom. The van der Waals surface area contributed by atoms with E-state index in [4.69, 9.17) is 4.74 Å². The third-order valence-electron chi connectivity index (χ3n) is 3.78. The molecule has 3 atom stereocenters.